The van der Waals surface area contributed by atoms with Gasteiger partial charge in [-0.15, -0.1) is 0 Å². The molecule has 0 radical (unpaired) electrons. The molecule has 1 heterocycles. The lowest BCUT2D eigenvalue weighted by Gasteiger charge is -2.18. The molecule has 0 bridgehead atoms. The van der Waals surface area contributed by atoms with Crippen molar-refractivity contribution >= 4 is 29.0 Å². The Hall–Kier alpha value is -3.03. The van der Waals surface area contributed by atoms with Crippen molar-refractivity contribution in [3.05, 3.63) is 53.6 Å². The maximum atomic E-state index is 12.7. The fraction of sp³-hybridized carbons (Fsp3) is 0.176. The first-order valence-corrected chi connectivity index (χ1v) is 7.49. The van der Waals surface area contributed by atoms with Gasteiger partial charge in [-0.05, 0) is 48.4 Å². The number of hydrogen-bond donors (Lipinski definition) is 3. The first kappa shape index (κ1) is 16.8. The van der Waals surface area contributed by atoms with E-state index in [0.29, 0.717) is 24.2 Å². The predicted molar refractivity (Wildman–Crippen MR) is 87.5 cm³/mol. The van der Waals surface area contributed by atoms with Crippen LogP contribution in [0.1, 0.15) is 17.5 Å². The van der Waals surface area contributed by atoms with Crippen LogP contribution in [0.15, 0.2) is 42.5 Å². The van der Waals surface area contributed by atoms with Crippen LogP contribution in [-0.2, 0) is 17.4 Å². The van der Waals surface area contributed by atoms with Gasteiger partial charge in [0.2, 0.25) is 5.91 Å². The SMILES string of the molecule is O=C1CCc2cc(NC(=O)Nc3cccc(C(F)(F)F)c3)ccc2N1. The molecule has 25 heavy (non-hydrogen) atoms. The Bertz CT molecular complexity index is 834. The smallest absolute Gasteiger partial charge is 0.326 e. The number of alkyl halides is 3. The third-order valence-corrected chi connectivity index (χ3v) is 3.71. The maximum absolute atomic E-state index is 12.7. The molecule has 0 saturated carbocycles. The molecule has 2 aromatic carbocycles. The van der Waals surface area contributed by atoms with E-state index in [9.17, 15) is 22.8 Å². The van der Waals surface area contributed by atoms with E-state index in [1.54, 1.807) is 18.2 Å². The summed E-state index contributed by atoms with van der Waals surface area (Å²) in [5.74, 6) is -0.0597. The van der Waals surface area contributed by atoms with Gasteiger partial charge in [0.25, 0.3) is 0 Å². The van der Waals surface area contributed by atoms with Crippen LogP contribution in [0.2, 0.25) is 0 Å². The molecule has 130 valence electrons. The molecule has 0 spiro atoms. The van der Waals surface area contributed by atoms with E-state index in [1.807, 2.05) is 0 Å². The largest absolute Gasteiger partial charge is 0.416 e. The standard InChI is InChI=1S/C17H14F3N3O2/c18-17(19,20)11-2-1-3-12(9-11)21-16(25)22-13-5-6-14-10(8-13)4-7-15(24)23-14/h1-3,5-6,8-9H,4,7H2,(H,23,24)(H2,21,22,25). The molecule has 1 aliphatic rings. The van der Waals surface area contributed by atoms with Gasteiger partial charge in [0.1, 0.15) is 0 Å². The van der Waals surface area contributed by atoms with Crippen LogP contribution in [0.4, 0.5) is 35.0 Å². The lowest BCUT2D eigenvalue weighted by Crippen LogP contribution is -2.21. The highest BCUT2D eigenvalue weighted by molar-refractivity contribution is 6.00. The molecule has 0 unspecified atom stereocenters. The van der Waals surface area contributed by atoms with Crippen molar-refractivity contribution < 1.29 is 22.8 Å². The van der Waals surface area contributed by atoms with E-state index in [2.05, 4.69) is 16.0 Å². The number of amides is 3. The minimum absolute atomic E-state index is 0.0394. The number of urea groups is 1. The van der Waals surface area contributed by atoms with E-state index >= 15 is 0 Å². The molecule has 0 aliphatic carbocycles. The molecule has 2 aromatic rings. The number of carbonyl (C=O) groups excluding carboxylic acids is 2. The molecule has 3 amide bonds. The van der Waals surface area contributed by atoms with Gasteiger partial charge in [0.05, 0.1) is 5.56 Å². The van der Waals surface area contributed by atoms with Crippen LogP contribution >= 0.6 is 0 Å². The molecular weight excluding hydrogens is 335 g/mol. The topological polar surface area (TPSA) is 70.2 Å². The van der Waals surface area contributed by atoms with Gasteiger partial charge in [-0.1, -0.05) is 6.07 Å². The third kappa shape index (κ3) is 4.09. The van der Waals surface area contributed by atoms with Crippen LogP contribution < -0.4 is 16.0 Å². The summed E-state index contributed by atoms with van der Waals surface area (Å²) < 4.78 is 38.0. The van der Waals surface area contributed by atoms with Gasteiger partial charge in [0, 0.05) is 23.5 Å². The zero-order valence-corrected chi connectivity index (χ0v) is 12.9. The monoisotopic (exact) mass is 349 g/mol. The first-order chi connectivity index (χ1) is 11.8. The summed E-state index contributed by atoms with van der Waals surface area (Å²) in [6.07, 6.45) is -3.55. The highest BCUT2D eigenvalue weighted by Crippen LogP contribution is 2.31. The highest BCUT2D eigenvalue weighted by atomic mass is 19.4. The van der Waals surface area contributed by atoms with Crippen molar-refractivity contribution in [1.82, 2.24) is 0 Å². The van der Waals surface area contributed by atoms with Crippen molar-refractivity contribution in [2.75, 3.05) is 16.0 Å². The van der Waals surface area contributed by atoms with Crippen LogP contribution in [0.3, 0.4) is 0 Å². The van der Waals surface area contributed by atoms with E-state index in [1.165, 1.54) is 12.1 Å². The van der Waals surface area contributed by atoms with Crippen molar-refractivity contribution in [3.63, 3.8) is 0 Å². The average molecular weight is 349 g/mol. The second-order valence-electron chi connectivity index (χ2n) is 5.58. The Kier molecular flexibility index (Phi) is 4.35. The fourth-order valence-electron chi connectivity index (χ4n) is 2.53. The zero-order valence-electron chi connectivity index (χ0n) is 12.9. The van der Waals surface area contributed by atoms with E-state index in [0.717, 1.165) is 17.7 Å². The van der Waals surface area contributed by atoms with Crippen molar-refractivity contribution in [2.24, 2.45) is 0 Å². The van der Waals surface area contributed by atoms with Gasteiger partial charge >= 0.3 is 12.2 Å². The van der Waals surface area contributed by atoms with E-state index in [-0.39, 0.29) is 11.6 Å². The van der Waals surface area contributed by atoms with Gasteiger partial charge < -0.3 is 16.0 Å². The molecule has 3 rings (SSSR count). The Balaban J connectivity index is 1.68. The molecule has 0 atom stereocenters. The number of aryl methyl sites for hydroxylation is 1. The average Bonchev–Trinajstić information content (AvgIpc) is 2.54. The zero-order chi connectivity index (χ0) is 18.0. The molecule has 1 aliphatic heterocycles. The Labute approximate surface area is 141 Å². The summed E-state index contributed by atoms with van der Waals surface area (Å²) in [6.45, 7) is 0. The summed E-state index contributed by atoms with van der Waals surface area (Å²) in [6, 6.07) is 8.74. The number of nitrogens with one attached hydrogen (secondary N) is 3. The van der Waals surface area contributed by atoms with Gasteiger partial charge in [0.15, 0.2) is 0 Å². The van der Waals surface area contributed by atoms with Gasteiger partial charge in [-0.25, -0.2) is 4.79 Å². The predicted octanol–water partition coefficient (Wildman–Crippen LogP) is 4.23. The molecular formula is C17H14F3N3O2. The second kappa shape index (κ2) is 6.46. The van der Waals surface area contributed by atoms with Crippen molar-refractivity contribution in [3.8, 4) is 0 Å². The second-order valence-corrected chi connectivity index (χ2v) is 5.58. The van der Waals surface area contributed by atoms with Crippen molar-refractivity contribution in [1.29, 1.82) is 0 Å². The van der Waals surface area contributed by atoms with Gasteiger partial charge in [-0.2, -0.15) is 13.2 Å². The molecule has 0 saturated heterocycles. The number of halogens is 3. The number of rotatable bonds is 2. The number of fused-ring (bicyclic) bond motifs is 1. The van der Waals surface area contributed by atoms with E-state index < -0.39 is 17.8 Å². The molecule has 0 aromatic heterocycles. The van der Waals surface area contributed by atoms with Crippen LogP contribution in [0, 0.1) is 0 Å². The highest BCUT2D eigenvalue weighted by Gasteiger charge is 2.30. The lowest BCUT2D eigenvalue weighted by molar-refractivity contribution is -0.137. The fourth-order valence-corrected chi connectivity index (χ4v) is 2.53. The summed E-state index contributed by atoms with van der Waals surface area (Å²) in [5.41, 5.74) is 1.27. The van der Waals surface area contributed by atoms with Crippen molar-refractivity contribution in [2.45, 2.75) is 19.0 Å². The number of benzene rings is 2. The third-order valence-electron chi connectivity index (χ3n) is 3.71. The van der Waals surface area contributed by atoms with Crippen LogP contribution in [0.25, 0.3) is 0 Å². The first-order valence-electron chi connectivity index (χ1n) is 7.49. The maximum Gasteiger partial charge on any atom is 0.416 e. The normalized spacial score (nSPS) is 13.6. The summed E-state index contributed by atoms with van der Waals surface area (Å²) >= 11 is 0. The molecule has 3 N–H and O–H groups in total. The van der Waals surface area contributed by atoms with Crippen LogP contribution in [-0.4, -0.2) is 11.9 Å². The Morgan fingerprint density at radius 2 is 1.72 bits per heavy atom. The summed E-state index contributed by atoms with van der Waals surface area (Å²) in [5, 5.41) is 7.66. The minimum atomic E-state index is -4.48. The Morgan fingerprint density at radius 1 is 1.00 bits per heavy atom. The van der Waals surface area contributed by atoms with Gasteiger partial charge in [-0.3, -0.25) is 4.79 Å². The molecule has 8 heteroatoms. The van der Waals surface area contributed by atoms with E-state index in [4.69, 9.17) is 0 Å². The minimum Gasteiger partial charge on any atom is -0.326 e. The molecule has 0 fully saturated rings. The number of carbonyl (C=O) groups is 2. The summed E-state index contributed by atoms with van der Waals surface area (Å²) in [7, 11) is 0. The quantitative estimate of drug-likeness (QED) is 0.759. The number of hydrogen-bond acceptors (Lipinski definition) is 2. The van der Waals surface area contributed by atoms with Crippen LogP contribution in [0.5, 0.6) is 0 Å². The number of anilines is 3. The lowest BCUT2D eigenvalue weighted by atomic mass is 10.0. The summed E-state index contributed by atoms with van der Waals surface area (Å²) in [4.78, 5) is 23.3. The Morgan fingerprint density at radius 3 is 2.44 bits per heavy atom. The molecule has 5 nitrogen and oxygen atoms in total.